The van der Waals surface area contributed by atoms with Crippen LogP contribution in [0.1, 0.15) is 78.1 Å². The van der Waals surface area contributed by atoms with E-state index in [0.717, 1.165) is 51.4 Å². The number of unbranched alkanes of at least 4 members (excludes halogenated alkanes) is 8. The third-order valence-electron chi connectivity index (χ3n) is 3.70. The molecule has 0 bridgehead atoms. The minimum atomic E-state index is -5.17. The Morgan fingerprint density at radius 1 is 0.760 bits per heavy atom. The fraction of sp³-hybridized carbons (Fsp3) is 0.882. The van der Waals surface area contributed by atoms with E-state index in [1.165, 1.54) is 0 Å². The fourth-order valence-electron chi connectivity index (χ4n) is 2.24. The van der Waals surface area contributed by atoms with Gasteiger partial charge in [0.1, 0.15) is 10.1 Å². The Morgan fingerprint density at radius 2 is 1.12 bits per heavy atom. The van der Waals surface area contributed by atoms with Crippen LogP contribution in [0, 0.1) is 0 Å². The minimum Gasteiger partial charge on any atom is -0.747 e. The van der Waals surface area contributed by atoms with E-state index in [4.69, 9.17) is 9.47 Å². The van der Waals surface area contributed by atoms with Gasteiger partial charge in [-0.1, -0.05) is 65.2 Å². The van der Waals surface area contributed by atoms with Crippen molar-refractivity contribution in [2.75, 3.05) is 13.2 Å². The topological polar surface area (TPSA) is 110 Å². The first-order chi connectivity index (χ1) is 11.8. The van der Waals surface area contributed by atoms with E-state index >= 15 is 0 Å². The number of carbonyl (C=O) groups is 2. The van der Waals surface area contributed by atoms with Gasteiger partial charge in [-0.3, -0.25) is 9.59 Å². The Kier molecular flexibility index (Phi) is 13.4. The zero-order chi connectivity index (χ0) is 19.1. The summed E-state index contributed by atoms with van der Waals surface area (Å²) in [6, 6.07) is 0. The molecule has 0 aliphatic heterocycles. The number of hydrogen-bond acceptors (Lipinski definition) is 7. The molecule has 8 heteroatoms. The van der Waals surface area contributed by atoms with Crippen LogP contribution in [0.3, 0.4) is 0 Å². The van der Waals surface area contributed by atoms with Crippen LogP contribution in [-0.2, 0) is 29.2 Å². The molecule has 25 heavy (non-hydrogen) atoms. The summed E-state index contributed by atoms with van der Waals surface area (Å²) in [7, 11) is -5.17. The number of rotatable bonds is 15. The lowest BCUT2D eigenvalue weighted by molar-refractivity contribution is -0.154. The summed E-state index contributed by atoms with van der Waals surface area (Å²) in [5, 5.41) is -2.43. The molecule has 0 aromatic carbocycles. The molecule has 0 amide bonds. The monoisotopic (exact) mass is 379 g/mol. The molecule has 0 unspecified atom stereocenters. The highest BCUT2D eigenvalue weighted by molar-refractivity contribution is 7.88. The van der Waals surface area contributed by atoms with E-state index in [-0.39, 0.29) is 13.2 Å². The lowest BCUT2D eigenvalue weighted by Crippen LogP contribution is -2.40. The average Bonchev–Trinajstić information content (AvgIpc) is 2.53. The van der Waals surface area contributed by atoms with E-state index < -0.39 is 27.3 Å². The predicted molar refractivity (Wildman–Crippen MR) is 92.9 cm³/mol. The summed E-state index contributed by atoms with van der Waals surface area (Å²) < 4.78 is 43.2. The van der Waals surface area contributed by atoms with Crippen molar-refractivity contribution in [1.82, 2.24) is 0 Å². The van der Waals surface area contributed by atoms with E-state index in [0.29, 0.717) is 12.8 Å². The van der Waals surface area contributed by atoms with E-state index in [1.54, 1.807) is 0 Å². The molecule has 0 fully saturated rings. The summed E-state index contributed by atoms with van der Waals surface area (Å²) in [5.74, 6) is -2.69. The van der Waals surface area contributed by atoms with Gasteiger partial charge in [0.25, 0.3) is 0 Å². The molecule has 0 spiro atoms. The largest absolute Gasteiger partial charge is 0.747 e. The molecule has 0 saturated heterocycles. The maximum atomic E-state index is 11.8. The SMILES string of the molecule is CCCCCCCOC(=O)C(C(=O)OCCCCCCC)S(=O)(=O)[O-]. The summed E-state index contributed by atoms with van der Waals surface area (Å²) in [5.41, 5.74) is 0. The standard InChI is InChI=1S/C17H32O7S/c1-3-5-7-9-11-13-23-16(18)15(25(20,21)22)17(19)24-14-12-10-8-6-4-2/h15H,3-14H2,1-2H3,(H,20,21,22)/p-1. The lowest BCUT2D eigenvalue weighted by Gasteiger charge is -2.18. The summed E-state index contributed by atoms with van der Waals surface area (Å²) >= 11 is 0. The van der Waals surface area contributed by atoms with Gasteiger partial charge in [-0.25, -0.2) is 8.42 Å². The van der Waals surface area contributed by atoms with E-state index in [9.17, 15) is 22.6 Å². The molecule has 0 radical (unpaired) electrons. The Morgan fingerprint density at radius 3 is 1.44 bits per heavy atom. The Hall–Kier alpha value is -1.15. The maximum Gasteiger partial charge on any atom is 0.334 e. The summed E-state index contributed by atoms with van der Waals surface area (Å²) in [4.78, 5) is 23.6. The number of esters is 2. The molecule has 148 valence electrons. The van der Waals surface area contributed by atoms with Gasteiger partial charge >= 0.3 is 11.9 Å². The van der Waals surface area contributed by atoms with Crippen molar-refractivity contribution in [2.24, 2.45) is 0 Å². The van der Waals surface area contributed by atoms with Crippen LogP contribution in [-0.4, -0.2) is 43.4 Å². The van der Waals surface area contributed by atoms with Gasteiger partial charge in [0, 0.05) is 0 Å². The molecular formula is C17H31O7S-. The molecule has 0 aromatic heterocycles. The van der Waals surface area contributed by atoms with Crippen molar-refractivity contribution in [3.05, 3.63) is 0 Å². The molecule has 0 aromatic rings. The first-order valence-corrected chi connectivity index (χ1v) is 10.6. The van der Waals surface area contributed by atoms with Crippen LogP contribution >= 0.6 is 0 Å². The van der Waals surface area contributed by atoms with Gasteiger partial charge in [-0.2, -0.15) is 0 Å². The van der Waals surface area contributed by atoms with E-state index in [2.05, 4.69) is 13.8 Å². The Labute approximate surface area is 151 Å². The molecule has 0 aliphatic carbocycles. The zero-order valence-corrected chi connectivity index (χ0v) is 16.1. The average molecular weight is 379 g/mol. The third-order valence-corrected chi connectivity index (χ3v) is 4.66. The van der Waals surface area contributed by atoms with Crippen molar-refractivity contribution in [3.63, 3.8) is 0 Å². The molecule has 0 rings (SSSR count). The Balaban J connectivity index is 4.30. The molecule has 0 heterocycles. The molecule has 0 aliphatic rings. The van der Waals surface area contributed by atoms with Gasteiger partial charge in [-0.05, 0) is 12.8 Å². The second-order valence-corrected chi connectivity index (χ2v) is 7.49. The van der Waals surface area contributed by atoms with Crippen molar-refractivity contribution >= 4 is 22.1 Å². The molecule has 7 nitrogen and oxygen atoms in total. The van der Waals surface area contributed by atoms with Crippen LogP contribution in [0.4, 0.5) is 0 Å². The first-order valence-electron chi connectivity index (χ1n) is 9.12. The molecule has 0 atom stereocenters. The smallest absolute Gasteiger partial charge is 0.334 e. The minimum absolute atomic E-state index is 0.0150. The van der Waals surface area contributed by atoms with Crippen molar-refractivity contribution < 1.29 is 32.0 Å². The molecule has 0 N–H and O–H groups in total. The predicted octanol–water partition coefficient (Wildman–Crippen LogP) is 2.93. The van der Waals surface area contributed by atoms with Crippen molar-refractivity contribution in [2.45, 2.75) is 83.3 Å². The zero-order valence-electron chi connectivity index (χ0n) is 15.3. The van der Waals surface area contributed by atoms with Crippen LogP contribution in [0.25, 0.3) is 0 Å². The first kappa shape index (κ1) is 23.9. The lowest BCUT2D eigenvalue weighted by atomic mass is 10.2. The highest BCUT2D eigenvalue weighted by Crippen LogP contribution is 2.09. The third kappa shape index (κ3) is 11.9. The second kappa shape index (κ2) is 14.1. The van der Waals surface area contributed by atoms with Gasteiger partial charge in [0.05, 0.1) is 13.2 Å². The maximum absolute atomic E-state index is 11.8. The van der Waals surface area contributed by atoms with Gasteiger partial charge in [-0.15, -0.1) is 0 Å². The normalized spacial score (nSPS) is 11.5. The van der Waals surface area contributed by atoms with Gasteiger partial charge in [0.2, 0.25) is 5.25 Å². The number of hydrogen-bond donors (Lipinski definition) is 0. The second-order valence-electron chi connectivity index (χ2n) is 6.04. The Bertz CT molecular complexity index is 445. The quantitative estimate of drug-likeness (QED) is 0.186. The van der Waals surface area contributed by atoms with Crippen LogP contribution in [0.2, 0.25) is 0 Å². The van der Waals surface area contributed by atoms with Gasteiger partial charge in [0.15, 0.2) is 0 Å². The van der Waals surface area contributed by atoms with Gasteiger partial charge < -0.3 is 14.0 Å². The molecule has 0 saturated carbocycles. The van der Waals surface area contributed by atoms with Crippen molar-refractivity contribution in [3.8, 4) is 0 Å². The fourth-order valence-corrected chi connectivity index (χ4v) is 2.85. The molecular weight excluding hydrogens is 348 g/mol. The van der Waals surface area contributed by atoms with E-state index in [1.807, 2.05) is 0 Å². The number of ether oxygens (including phenoxy) is 2. The summed E-state index contributed by atoms with van der Waals surface area (Å²) in [6.07, 6.45) is 9.02. The van der Waals surface area contributed by atoms with Crippen LogP contribution in [0.5, 0.6) is 0 Å². The number of carbonyl (C=O) groups excluding carboxylic acids is 2. The van der Waals surface area contributed by atoms with Crippen molar-refractivity contribution in [1.29, 1.82) is 0 Å². The van der Waals surface area contributed by atoms with Crippen LogP contribution < -0.4 is 0 Å². The highest BCUT2D eigenvalue weighted by atomic mass is 32.2. The van der Waals surface area contributed by atoms with Crippen LogP contribution in [0.15, 0.2) is 0 Å². The summed E-state index contributed by atoms with van der Waals surface area (Å²) in [6.45, 7) is 4.11. The highest BCUT2D eigenvalue weighted by Gasteiger charge is 2.36.